The Kier molecular flexibility index (Phi) is 3.11. The third-order valence-corrected chi connectivity index (χ3v) is 3.09. The van der Waals surface area contributed by atoms with Gasteiger partial charge in [-0.2, -0.15) is 4.99 Å². The van der Waals surface area contributed by atoms with E-state index in [0.717, 1.165) is 5.69 Å². The zero-order valence-electron chi connectivity index (χ0n) is 11.2. The van der Waals surface area contributed by atoms with Crippen LogP contribution in [0.25, 0.3) is 0 Å². The maximum absolute atomic E-state index is 11.8. The molecule has 1 atom stereocenters. The molecule has 6 heteroatoms. The van der Waals surface area contributed by atoms with Crippen molar-refractivity contribution in [1.82, 2.24) is 14.5 Å². The molecule has 0 saturated heterocycles. The molecule has 0 spiro atoms. The lowest BCUT2D eigenvalue weighted by atomic mass is 10.1. The van der Waals surface area contributed by atoms with E-state index >= 15 is 0 Å². The highest BCUT2D eigenvalue weighted by Gasteiger charge is 2.38. The lowest BCUT2D eigenvalue weighted by Gasteiger charge is -2.29. The highest BCUT2D eigenvalue weighted by molar-refractivity contribution is 6.03. The number of aliphatic imine (C=N–C) groups is 1. The summed E-state index contributed by atoms with van der Waals surface area (Å²) in [7, 11) is 0. The summed E-state index contributed by atoms with van der Waals surface area (Å²) in [5, 5.41) is 0. The smallest absolute Gasteiger partial charge is 0.346 e. The molecule has 1 aliphatic heterocycles. The Bertz CT molecular complexity index is 488. The minimum absolute atomic E-state index is 0.0443. The van der Waals surface area contributed by atoms with Gasteiger partial charge in [0.25, 0.3) is 0 Å². The van der Waals surface area contributed by atoms with Gasteiger partial charge in [-0.25, -0.2) is 9.78 Å². The minimum Gasteiger partial charge on any atom is -0.385 e. The molecule has 1 aliphatic rings. The van der Waals surface area contributed by atoms with Crippen LogP contribution in [-0.4, -0.2) is 32.4 Å². The van der Waals surface area contributed by atoms with Gasteiger partial charge in [-0.05, 0) is 27.7 Å². The maximum Gasteiger partial charge on any atom is 0.346 e. The van der Waals surface area contributed by atoms with Crippen LogP contribution >= 0.6 is 0 Å². The van der Waals surface area contributed by atoms with Crippen molar-refractivity contribution in [3.05, 3.63) is 18.2 Å². The molecule has 2 heterocycles. The standard InChI is InChI=1S/C12H19N5O/c1-7(2)16-6-14-5-9(16)10-11(13)15-12(18)17(10)8(3)4/h5-8,10H,1-4H3,(H2,13,15,18). The molecule has 98 valence electrons. The summed E-state index contributed by atoms with van der Waals surface area (Å²) in [4.78, 5) is 21.6. The van der Waals surface area contributed by atoms with Crippen molar-refractivity contribution in [3.63, 3.8) is 0 Å². The number of rotatable bonds is 3. The van der Waals surface area contributed by atoms with Crippen LogP contribution in [0.15, 0.2) is 17.5 Å². The van der Waals surface area contributed by atoms with Crippen LogP contribution < -0.4 is 5.73 Å². The number of urea groups is 1. The lowest BCUT2D eigenvalue weighted by molar-refractivity contribution is 0.188. The van der Waals surface area contributed by atoms with E-state index in [0.29, 0.717) is 5.84 Å². The van der Waals surface area contributed by atoms with Gasteiger partial charge in [-0.15, -0.1) is 0 Å². The average Bonchev–Trinajstić information content (AvgIpc) is 2.81. The highest BCUT2D eigenvalue weighted by Crippen LogP contribution is 2.29. The van der Waals surface area contributed by atoms with Gasteiger partial charge in [-0.1, -0.05) is 0 Å². The van der Waals surface area contributed by atoms with Crippen molar-refractivity contribution in [3.8, 4) is 0 Å². The molecule has 1 aromatic heterocycles. The van der Waals surface area contributed by atoms with E-state index in [4.69, 9.17) is 5.73 Å². The van der Waals surface area contributed by atoms with Crippen LogP contribution in [0, 0.1) is 0 Å². The van der Waals surface area contributed by atoms with Gasteiger partial charge in [0, 0.05) is 12.1 Å². The predicted molar refractivity (Wildman–Crippen MR) is 69.3 cm³/mol. The molecule has 2 amide bonds. The molecule has 0 aliphatic carbocycles. The van der Waals surface area contributed by atoms with Crippen LogP contribution in [0.4, 0.5) is 4.79 Å². The molecule has 0 aromatic carbocycles. The molecule has 6 nitrogen and oxygen atoms in total. The molecule has 2 N–H and O–H groups in total. The monoisotopic (exact) mass is 249 g/mol. The zero-order chi connectivity index (χ0) is 13.4. The average molecular weight is 249 g/mol. The number of carbonyl (C=O) groups is 1. The normalized spacial score (nSPS) is 20.1. The van der Waals surface area contributed by atoms with Crippen LogP contribution in [0.2, 0.25) is 0 Å². The summed E-state index contributed by atoms with van der Waals surface area (Å²) in [6, 6.07) is -0.269. The number of carbonyl (C=O) groups excluding carboxylic acids is 1. The number of amidine groups is 1. The third kappa shape index (κ3) is 1.87. The molecular formula is C12H19N5O. The van der Waals surface area contributed by atoms with Gasteiger partial charge in [0.15, 0.2) is 0 Å². The van der Waals surface area contributed by atoms with Crippen LogP contribution in [0.3, 0.4) is 0 Å². The van der Waals surface area contributed by atoms with Gasteiger partial charge < -0.3 is 15.2 Å². The summed E-state index contributed by atoms with van der Waals surface area (Å²) in [6.45, 7) is 8.04. The summed E-state index contributed by atoms with van der Waals surface area (Å²) in [6.07, 6.45) is 3.51. The number of hydrogen-bond acceptors (Lipinski definition) is 3. The number of hydrogen-bond donors (Lipinski definition) is 1. The fraction of sp³-hybridized carbons (Fsp3) is 0.583. The Balaban J connectivity index is 2.45. The first-order chi connectivity index (χ1) is 8.43. The first-order valence-electron chi connectivity index (χ1n) is 6.11. The van der Waals surface area contributed by atoms with Gasteiger partial charge >= 0.3 is 6.03 Å². The van der Waals surface area contributed by atoms with Crippen molar-refractivity contribution >= 4 is 11.9 Å². The van der Waals surface area contributed by atoms with E-state index < -0.39 is 0 Å². The Morgan fingerprint density at radius 2 is 1.94 bits per heavy atom. The fourth-order valence-electron chi connectivity index (χ4n) is 2.25. The van der Waals surface area contributed by atoms with E-state index in [2.05, 4.69) is 23.8 Å². The van der Waals surface area contributed by atoms with Gasteiger partial charge in [0.1, 0.15) is 11.9 Å². The fourth-order valence-corrected chi connectivity index (χ4v) is 2.25. The second-order valence-corrected chi connectivity index (χ2v) is 5.04. The maximum atomic E-state index is 11.8. The number of imidazole rings is 1. The van der Waals surface area contributed by atoms with Crippen LogP contribution in [0.1, 0.15) is 45.5 Å². The van der Waals surface area contributed by atoms with Crippen LogP contribution in [0.5, 0.6) is 0 Å². The molecular weight excluding hydrogens is 230 g/mol. The van der Waals surface area contributed by atoms with E-state index in [1.165, 1.54) is 0 Å². The number of nitrogens with two attached hydrogens (primary N) is 1. The second kappa shape index (κ2) is 4.44. The summed E-state index contributed by atoms with van der Waals surface area (Å²) < 4.78 is 2.01. The number of nitrogens with zero attached hydrogens (tertiary/aromatic N) is 4. The molecule has 0 bridgehead atoms. The molecule has 2 rings (SSSR count). The summed E-state index contributed by atoms with van der Waals surface area (Å²) >= 11 is 0. The third-order valence-electron chi connectivity index (χ3n) is 3.09. The first-order valence-corrected chi connectivity index (χ1v) is 6.11. The van der Waals surface area contributed by atoms with Gasteiger partial charge in [0.05, 0.1) is 18.2 Å². The number of amides is 2. The summed E-state index contributed by atoms with van der Waals surface area (Å²) in [5.74, 6) is 0.344. The molecule has 1 aromatic rings. The number of aromatic nitrogens is 2. The Hall–Kier alpha value is -1.85. The highest BCUT2D eigenvalue weighted by atomic mass is 16.2. The van der Waals surface area contributed by atoms with Crippen molar-refractivity contribution in [2.75, 3.05) is 0 Å². The van der Waals surface area contributed by atoms with E-state index in [1.54, 1.807) is 17.4 Å². The van der Waals surface area contributed by atoms with Crippen molar-refractivity contribution < 1.29 is 4.79 Å². The van der Waals surface area contributed by atoms with Gasteiger partial charge in [0.2, 0.25) is 0 Å². The molecule has 18 heavy (non-hydrogen) atoms. The summed E-state index contributed by atoms with van der Waals surface area (Å²) in [5.41, 5.74) is 6.81. The Labute approximate surface area is 107 Å². The van der Waals surface area contributed by atoms with Crippen molar-refractivity contribution in [2.45, 2.75) is 45.8 Å². The van der Waals surface area contributed by atoms with Gasteiger partial charge in [-0.3, -0.25) is 0 Å². The SMILES string of the molecule is CC(C)N1C(=O)N=C(N)C1c1cncn1C(C)C. The predicted octanol–water partition coefficient (Wildman–Crippen LogP) is 1.71. The quantitative estimate of drug-likeness (QED) is 0.885. The first kappa shape index (κ1) is 12.6. The zero-order valence-corrected chi connectivity index (χ0v) is 11.2. The van der Waals surface area contributed by atoms with E-state index in [9.17, 15) is 4.79 Å². The molecule has 0 fully saturated rings. The topological polar surface area (TPSA) is 76.5 Å². The Morgan fingerprint density at radius 1 is 1.28 bits per heavy atom. The van der Waals surface area contributed by atoms with E-state index in [1.807, 2.05) is 18.4 Å². The van der Waals surface area contributed by atoms with Crippen LogP contribution in [-0.2, 0) is 0 Å². The largest absolute Gasteiger partial charge is 0.385 e. The van der Waals surface area contributed by atoms with E-state index in [-0.39, 0.29) is 24.2 Å². The lowest BCUT2D eigenvalue weighted by Crippen LogP contribution is -2.39. The van der Waals surface area contributed by atoms with Crippen molar-refractivity contribution in [1.29, 1.82) is 0 Å². The van der Waals surface area contributed by atoms with Crippen molar-refractivity contribution in [2.24, 2.45) is 10.7 Å². The molecule has 0 radical (unpaired) electrons. The molecule has 0 saturated carbocycles. The Morgan fingerprint density at radius 3 is 2.50 bits per heavy atom. The second-order valence-electron chi connectivity index (χ2n) is 5.04. The molecule has 1 unspecified atom stereocenters. The minimum atomic E-state index is -0.303.